The van der Waals surface area contributed by atoms with Crippen LogP contribution in [0.15, 0.2) is 23.6 Å². The summed E-state index contributed by atoms with van der Waals surface area (Å²) in [5, 5.41) is 3.13. The standard InChI is InChI=1S/C11H10O2S/c1-7-3-4-9(11(12)13-2)10-8(7)5-6-14-10/h3-6H,1-2H3. The van der Waals surface area contributed by atoms with Crippen molar-refractivity contribution in [2.45, 2.75) is 6.92 Å². The van der Waals surface area contributed by atoms with Gasteiger partial charge in [-0.2, -0.15) is 0 Å². The van der Waals surface area contributed by atoms with E-state index in [1.807, 2.05) is 30.5 Å². The third-order valence-corrected chi connectivity index (χ3v) is 3.19. The monoisotopic (exact) mass is 206 g/mol. The van der Waals surface area contributed by atoms with E-state index in [1.54, 1.807) is 11.3 Å². The molecule has 0 bridgehead atoms. The largest absolute Gasteiger partial charge is 0.465 e. The molecule has 2 aromatic rings. The molecule has 14 heavy (non-hydrogen) atoms. The number of methoxy groups -OCH3 is 1. The Morgan fingerprint density at radius 2 is 2.14 bits per heavy atom. The number of carbonyl (C=O) groups excluding carboxylic acids is 1. The van der Waals surface area contributed by atoms with Crippen molar-refractivity contribution in [3.63, 3.8) is 0 Å². The van der Waals surface area contributed by atoms with E-state index < -0.39 is 0 Å². The Balaban J connectivity index is 2.72. The first kappa shape index (κ1) is 9.21. The van der Waals surface area contributed by atoms with Crippen molar-refractivity contribution < 1.29 is 9.53 Å². The van der Waals surface area contributed by atoms with Crippen LogP contribution in [0.25, 0.3) is 10.1 Å². The zero-order chi connectivity index (χ0) is 10.1. The number of hydrogen-bond donors (Lipinski definition) is 0. The average Bonchev–Trinajstić information content (AvgIpc) is 2.67. The Morgan fingerprint density at radius 1 is 1.36 bits per heavy atom. The summed E-state index contributed by atoms with van der Waals surface area (Å²) in [5.74, 6) is -0.266. The summed E-state index contributed by atoms with van der Waals surface area (Å²) < 4.78 is 5.73. The molecule has 1 heterocycles. The van der Waals surface area contributed by atoms with Gasteiger partial charge in [0, 0.05) is 4.70 Å². The van der Waals surface area contributed by atoms with E-state index in [-0.39, 0.29) is 5.97 Å². The zero-order valence-corrected chi connectivity index (χ0v) is 8.85. The van der Waals surface area contributed by atoms with Crippen LogP contribution in [0.2, 0.25) is 0 Å². The summed E-state index contributed by atoms with van der Waals surface area (Å²) in [5.41, 5.74) is 1.84. The van der Waals surface area contributed by atoms with Crippen LogP contribution in [-0.2, 0) is 4.74 Å². The van der Waals surface area contributed by atoms with Crippen LogP contribution in [0.5, 0.6) is 0 Å². The highest BCUT2D eigenvalue weighted by Crippen LogP contribution is 2.27. The lowest BCUT2D eigenvalue weighted by Crippen LogP contribution is -2.01. The van der Waals surface area contributed by atoms with Crippen LogP contribution < -0.4 is 0 Å². The van der Waals surface area contributed by atoms with Crippen LogP contribution in [-0.4, -0.2) is 13.1 Å². The lowest BCUT2D eigenvalue weighted by molar-refractivity contribution is 0.0603. The van der Waals surface area contributed by atoms with Gasteiger partial charge in [-0.05, 0) is 35.4 Å². The quantitative estimate of drug-likeness (QED) is 0.670. The van der Waals surface area contributed by atoms with E-state index in [1.165, 1.54) is 12.7 Å². The molecule has 0 N–H and O–H groups in total. The fourth-order valence-electron chi connectivity index (χ4n) is 1.47. The molecule has 0 saturated heterocycles. The Morgan fingerprint density at radius 3 is 2.86 bits per heavy atom. The van der Waals surface area contributed by atoms with Gasteiger partial charge in [0.2, 0.25) is 0 Å². The van der Waals surface area contributed by atoms with E-state index in [9.17, 15) is 4.79 Å². The Bertz CT molecular complexity index is 485. The first-order valence-electron chi connectivity index (χ1n) is 4.29. The van der Waals surface area contributed by atoms with E-state index in [0.717, 1.165) is 10.1 Å². The predicted molar refractivity (Wildman–Crippen MR) is 57.9 cm³/mol. The van der Waals surface area contributed by atoms with Crippen molar-refractivity contribution in [1.82, 2.24) is 0 Å². The minimum absolute atomic E-state index is 0.266. The smallest absolute Gasteiger partial charge is 0.339 e. The van der Waals surface area contributed by atoms with E-state index in [2.05, 4.69) is 0 Å². The molecule has 1 aromatic heterocycles. The molecule has 0 aliphatic heterocycles. The second-order valence-corrected chi connectivity index (χ2v) is 4.00. The van der Waals surface area contributed by atoms with Gasteiger partial charge in [0.05, 0.1) is 12.7 Å². The molecular weight excluding hydrogens is 196 g/mol. The third kappa shape index (κ3) is 1.30. The lowest BCUT2D eigenvalue weighted by Gasteiger charge is -2.02. The molecule has 2 rings (SSSR count). The second kappa shape index (κ2) is 3.42. The van der Waals surface area contributed by atoms with E-state index >= 15 is 0 Å². The Hall–Kier alpha value is -1.35. The number of ether oxygens (including phenoxy) is 1. The molecule has 0 amide bonds. The topological polar surface area (TPSA) is 26.3 Å². The van der Waals surface area contributed by atoms with Crippen LogP contribution in [0.3, 0.4) is 0 Å². The molecule has 0 spiro atoms. The van der Waals surface area contributed by atoms with Crippen LogP contribution in [0.4, 0.5) is 0 Å². The summed E-state index contributed by atoms with van der Waals surface area (Å²) in [6, 6.07) is 5.79. The summed E-state index contributed by atoms with van der Waals surface area (Å²) in [7, 11) is 1.40. The molecule has 0 fully saturated rings. The normalized spacial score (nSPS) is 10.4. The first-order chi connectivity index (χ1) is 6.74. The van der Waals surface area contributed by atoms with Crippen LogP contribution in [0.1, 0.15) is 15.9 Å². The summed E-state index contributed by atoms with van der Waals surface area (Å²) in [6.45, 7) is 2.04. The Labute approximate surface area is 86.1 Å². The number of aryl methyl sites for hydroxylation is 1. The fourth-order valence-corrected chi connectivity index (χ4v) is 2.45. The van der Waals surface area contributed by atoms with Gasteiger partial charge in [-0.3, -0.25) is 0 Å². The first-order valence-corrected chi connectivity index (χ1v) is 5.17. The molecule has 1 aromatic carbocycles. The molecular formula is C11H10O2S. The molecule has 0 atom stereocenters. The van der Waals surface area contributed by atoms with Crippen molar-refractivity contribution in [3.8, 4) is 0 Å². The summed E-state index contributed by atoms with van der Waals surface area (Å²) in [4.78, 5) is 11.4. The highest BCUT2D eigenvalue weighted by molar-refractivity contribution is 7.17. The highest BCUT2D eigenvalue weighted by atomic mass is 32.1. The molecule has 0 radical (unpaired) electrons. The minimum Gasteiger partial charge on any atom is -0.465 e. The lowest BCUT2D eigenvalue weighted by atomic mass is 10.1. The van der Waals surface area contributed by atoms with Crippen molar-refractivity contribution >= 4 is 27.4 Å². The zero-order valence-electron chi connectivity index (χ0n) is 8.03. The number of esters is 1. The number of benzene rings is 1. The van der Waals surface area contributed by atoms with Gasteiger partial charge in [-0.25, -0.2) is 4.79 Å². The molecule has 0 aliphatic carbocycles. The number of hydrogen-bond acceptors (Lipinski definition) is 3. The number of rotatable bonds is 1. The fraction of sp³-hybridized carbons (Fsp3) is 0.182. The van der Waals surface area contributed by atoms with Crippen LogP contribution in [0, 0.1) is 6.92 Å². The maximum Gasteiger partial charge on any atom is 0.339 e. The average molecular weight is 206 g/mol. The molecule has 0 aliphatic rings. The summed E-state index contributed by atoms with van der Waals surface area (Å²) >= 11 is 1.57. The summed E-state index contributed by atoms with van der Waals surface area (Å²) in [6.07, 6.45) is 0. The molecule has 0 unspecified atom stereocenters. The highest BCUT2D eigenvalue weighted by Gasteiger charge is 2.11. The molecule has 72 valence electrons. The van der Waals surface area contributed by atoms with Crippen molar-refractivity contribution in [3.05, 3.63) is 34.7 Å². The SMILES string of the molecule is COC(=O)c1ccc(C)c2ccsc12. The van der Waals surface area contributed by atoms with Gasteiger partial charge in [0.1, 0.15) is 0 Å². The van der Waals surface area contributed by atoms with Crippen molar-refractivity contribution in [1.29, 1.82) is 0 Å². The van der Waals surface area contributed by atoms with Gasteiger partial charge in [-0.15, -0.1) is 11.3 Å². The van der Waals surface area contributed by atoms with Gasteiger partial charge in [-0.1, -0.05) is 6.07 Å². The maximum absolute atomic E-state index is 11.4. The molecule has 0 saturated carbocycles. The minimum atomic E-state index is -0.266. The van der Waals surface area contributed by atoms with Gasteiger partial charge >= 0.3 is 5.97 Å². The molecule has 3 heteroatoms. The van der Waals surface area contributed by atoms with Crippen molar-refractivity contribution in [2.24, 2.45) is 0 Å². The van der Waals surface area contributed by atoms with Gasteiger partial charge < -0.3 is 4.74 Å². The number of fused-ring (bicyclic) bond motifs is 1. The second-order valence-electron chi connectivity index (χ2n) is 3.09. The number of carbonyl (C=O) groups is 1. The van der Waals surface area contributed by atoms with E-state index in [4.69, 9.17) is 4.74 Å². The van der Waals surface area contributed by atoms with Gasteiger partial charge in [0.15, 0.2) is 0 Å². The third-order valence-electron chi connectivity index (χ3n) is 2.24. The maximum atomic E-state index is 11.4. The van der Waals surface area contributed by atoms with Crippen molar-refractivity contribution in [2.75, 3.05) is 7.11 Å². The number of thiophene rings is 1. The van der Waals surface area contributed by atoms with Crippen LogP contribution >= 0.6 is 11.3 Å². The van der Waals surface area contributed by atoms with Gasteiger partial charge in [0.25, 0.3) is 0 Å². The Kier molecular flexibility index (Phi) is 2.25. The van der Waals surface area contributed by atoms with E-state index in [0.29, 0.717) is 5.56 Å². The molecule has 2 nitrogen and oxygen atoms in total. The predicted octanol–water partition coefficient (Wildman–Crippen LogP) is 3.00.